The first kappa shape index (κ1) is 36.3. The van der Waals surface area contributed by atoms with Crippen molar-refractivity contribution in [2.45, 2.75) is 57.1 Å². The van der Waals surface area contributed by atoms with Crippen LogP contribution >= 0.6 is 11.6 Å². The third kappa shape index (κ3) is 9.29. The number of sulfonamides is 1. The molecule has 0 aliphatic heterocycles. The number of ether oxygens (including phenoxy) is 2. The van der Waals surface area contributed by atoms with Crippen LogP contribution in [0.4, 0.5) is 5.69 Å². The molecular weight excluding hydrogens is 650 g/mol. The molecule has 1 N–H and O–H groups in total. The van der Waals surface area contributed by atoms with Gasteiger partial charge in [0, 0.05) is 29.6 Å². The van der Waals surface area contributed by atoms with Gasteiger partial charge in [-0.05, 0) is 75.2 Å². The molecule has 0 aliphatic carbocycles. The second-order valence-electron chi connectivity index (χ2n) is 12.5. The zero-order valence-electron chi connectivity index (χ0n) is 28.1. The summed E-state index contributed by atoms with van der Waals surface area (Å²) in [6, 6.07) is 26.5. The Kier molecular flexibility index (Phi) is 11.8. The highest BCUT2D eigenvalue weighted by Crippen LogP contribution is 2.32. The van der Waals surface area contributed by atoms with E-state index in [0.29, 0.717) is 16.3 Å². The SMILES string of the molecule is COc1ccc(S(=O)(=O)N(CC(=O)N(Cc2cccc(Cl)c2)[C@H](Cc2ccccc2)C(=O)NC(C)(C)C)c2ccc(C)cc2)cc1OC. The standard InChI is InChI=1S/C37H42ClN3O6S/c1-26-15-17-30(18-16-26)41(48(44,45)31-19-20-33(46-5)34(23-31)47-6)25-35(42)40(24-28-13-10-14-29(38)21-28)32(36(43)39-37(2,3)4)22-27-11-8-7-9-12-27/h7-21,23,32H,22,24-25H2,1-6H3,(H,39,43)/t32-/m1/s1. The van der Waals surface area contributed by atoms with Crippen LogP contribution in [0, 0.1) is 6.92 Å². The van der Waals surface area contributed by atoms with Gasteiger partial charge in [-0.1, -0.05) is 71.8 Å². The molecule has 2 amide bonds. The molecule has 4 rings (SSSR count). The average Bonchev–Trinajstić information content (AvgIpc) is 3.04. The molecule has 0 fully saturated rings. The van der Waals surface area contributed by atoms with Gasteiger partial charge in [-0.25, -0.2) is 8.42 Å². The Morgan fingerprint density at radius 2 is 1.48 bits per heavy atom. The van der Waals surface area contributed by atoms with E-state index in [2.05, 4.69) is 5.32 Å². The first-order chi connectivity index (χ1) is 22.7. The Labute approximate surface area is 288 Å². The predicted molar refractivity (Wildman–Crippen MR) is 189 cm³/mol. The van der Waals surface area contributed by atoms with Gasteiger partial charge < -0.3 is 19.7 Å². The fraction of sp³-hybridized carbons (Fsp3) is 0.297. The van der Waals surface area contributed by atoms with E-state index in [4.69, 9.17) is 21.1 Å². The molecular formula is C37H42ClN3O6S. The molecule has 0 aromatic heterocycles. The lowest BCUT2D eigenvalue weighted by Crippen LogP contribution is -2.56. The molecule has 4 aromatic carbocycles. The van der Waals surface area contributed by atoms with Crippen LogP contribution in [0.25, 0.3) is 0 Å². The first-order valence-electron chi connectivity index (χ1n) is 15.4. The van der Waals surface area contributed by atoms with Crippen LogP contribution < -0.4 is 19.1 Å². The summed E-state index contributed by atoms with van der Waals surface area (Å²) in [7, 11) is -1.46. The number of carbonyl (C=O) groups is 2. The summed E-state index contributed by atoms with van der Waals surface area (Å²) < 4.78 is 40.5. The Balaban J connectivity index is 1.84. The molecule has 0 spiro atoms. The van der Waals surface area contributed by atoms with Crippen LogP contribution in [0.5, 0.6) is 11.5 Å². The highest BCUT2D eigenvalue weighted by Gasteiger charge is 2.36. The molecule has 254 valence electrons. The fourth-order valence-electron chi connectivity index (χ4n) is 5.18. The highest BCUT2D eigenvalue weighted by atomic mass is 35.5. The van der Waals surface area contributed by atoms with E-state index in [9.17, 15) is 18.0 Å². The van der Waals surface area contributed by atoms with Gasteiger partial charge in [0.2, 0.25) is 11.8 Å². The van der Waals surface area contributed by atoms with Crippen LogP contribution in [0.2, 0.25) is 5.02 Å². The summed E-state index contributed by atoms with van der Waals surface area (Å²) in [4.78, 5) is 30.0. The van der Waals surface area contributed by atoms with Crippen molar-refractivity contribution in [1.82, 2.24) is 10.2 Å². The van der Waals surface area contributed by atoms with E-state index in [1.807, 2.05) is 64.1 Å². The lowest BCUT2D eigenvalue weighted by atomic mass is 10.0. The van der Waals surface area contributed by atoms with Crippen molar-refractivity contribution in [3.05, 3.63) is 119 Å². The van der Waals surface area contributed by atoms with Gasteiger partial charge in [0.25, 0.3) is 10.0 Å². The maximum atomic E-state index is 14.6. The molecule has 48 heavy (non-hydrogen) atoms. The maximum Gasteiger partial charge on any atom is 0.264 e. The van der Waals surface area contributed by atoms with Crippen LogP contribution in [0.1, 0.15) is 37.5 Å². The number of nitrogens with zero attached hydrogens (tertiary/aromatic N) is 2. The molecule has 0 saturated heterocycles. The minimum Gasteiger partial charge on any atom is -0.493 e. The quantitative estimate of drug-likeness (QED) is 0.174. The summed E-state index contributed by atoms with van der Waals surface area (Å²) in [5.41, 5.74) is 2.12. The summed E-state index contributed by atoms with van der Waals surface area (Å²) >= 11 is 6.33. The monoisotopic (exact) mass is 691 g/mol. The summed E-state index contributed by atoms with van der Waals surface area (Å²) in [6.45, 7) is 6.89. The third-order valence-electron chi connectivity index (χ3n) is 7.56. The molecule has 0 bridgehead atoms. The van der Waals surface area contributed by atoms with E-state index >= 15 is 0 Å². The van der Waals surface area contributed by atoms with Crippen molar-refractivity contribution >= 4 is 39.1 Å². The second kappa shape index (κ2) is 15.6. The van der Waals surface area contributed by atoms with E-state index in [0.717, 1.165) is 15.4 Å². The minimum absolute atomic E-state index is 0.00655. The van der Waals surface area contributed by atoms with Crippen molar-refractivity contribution in [2.75, 3.05) is 25.1 Å². The van der Waals surface area contributed by atoms with Gasteiger partial charge in [-0.2, -0.15) is 0 Å². The highest BCUT2D eigenvalue weighted by molar-refractivity contribution is 7.92. The topological polar surface area (TPSA) is 105 Å². The number of nitrogens with one attached hydrogen (secondary N) is 1. The molecule has 11 heteroatoms. The van der Waals surface area contributed by atoms with E-state index in [1.54, 1.807) is 42.5 Å². The second-order valence-corrected chi connectivity index (χ2v) is 14.8. The lowest BCUT2D eigenvalue weighted by molar-refractivity contribution is -0.140. The Bertz CT molecular complexity index is 1830. The van der Waals surface area contributed by atoms with Crippen molar-refractivity contribution in [3.8, 4) is 11.5 Å². The Hall–Kier alpha value is -4.54. The number of aryl methyl sites for hydroxylation is 1. The number of hydrogen-bond acceptors (Lipinski definition) is 6. The number of halogens is 1. The third-order valence-corrected chi connectivity index (χ3v) is 9.56. The number of carbonyl (C=O) groups excluding carboxylic acids is 2. The summed E-state index contributed by atoms with van der Waals surface area (Å²) in [5, 5.41) is 3.49. The molecule has 0 aliphatic rings. The Morgan fingerprint density at radius 3 is 2.08 bits per heavy atom. The maximum absolute atomic E-state index is 14.6. The smallest absolute Gasteiger partial charge is 0.264 e. The average molecular weight is 692 g/mol. The molecule has 0 heterocycles. The number of anilines is 1. The number of amides is 2. The number of hydrogen-bond donors (Lipinski definition) is 1. The van der Waals surface area contributed by atoms with E-state index in [-0.39, 0.29) is 35.2 Å². The minimum atomic E-state index is -4.34. The summed E-state index contributed by atoms with van der Waals surface area (Å²) in [6.07, 6.45) is 0.196. The van der Waals surface area contributed by atoms with Crippen LogP contribution in [-0.2, 0) is 32.6 Å². The molecule has 9 nitrogen and oxygen atoms in total. The summed E-state index contributed by atoms with van der Waals surface area (Å²) in [5.74, 6) is -0.371. The molecule has 0 unspecified atom stereocenters. The molecule has 0 saturated carbocycles. The largest absolute Gasteiger partial charge is 0.493 e. The van der Waals surface area contributed by atoms with Crippen molar-refractivity contribution < 1.29 is 27.5 Å². The zero-order valence-corrected chi connectivity index (χ0v) is 29.6. The molecule has 1 atom stereocenters. The molecule has 0 radical (unpaired) electrons. The van der Waals surface area contributed by atoms with E-state index in [1.165, 1.54) is 37.3 Å². The van der Waals surface area contributed by atoms with Gasteiger partial charge in [0.15, 0.2) is 11.5 Å². The van der Waals surface area contributed by atoms with Crippen LogP contribution in [0.3, 0.4) is 0 Å². The Morgan fingerprint density at radius 1 is 0.833 bits per heavy atom. The van der Waals surface area contributed by atoms with Gasteiger partial charge in [-0.3, -0.25) is 13.9 Å². The van der Waals surface area contributed by atoms with E-state index < -0.39 is 34.1 Å². The van der Waals surface area contributed by atoms with Crippen molar-refractivity contribution in [2.24, 2.45) is 0 Å². The predicted octanol–water partition coefficient (Wildman–Crippen LogP) is 6.42. The normalized spacial score (nSPS) is 12.1. The van der Waals surface area contributed by atoms with Crippen LogP contribution in [0.15, 0.2) is 102 Å². The number of rotatable bonds is 13. The number of methoxy groups -OCH3 is 2. The first-order valence-corrected chi connectivity index (χ1v) is 17.2. The molecule has 4 aromatic rings. The van der Waals surface area contributed by atoms with Crippen molar-refractivity contribution in [3.63, 3.8) is 0 Å². The van der Waals surface area contributed by atoms with Crippen molar-refractivity contribution in [1.29, 1.82) is 0 Å². The zero-order chi connectivity index (χ0) is 35.1. The lowest BCUT2D eigenvalue weighted by Gasteiger charge is -2.35. The van der Waals surface area contributed by atoms with Gasteiger partial charge in [0.1, 0.15) is 12.6 Å². The van der Waals surface area contributed by atoms with Gasteiger partial charge in [0.05, 0.1) is 24.8 Å². The number of benzene rings is 4. The van der Waals surface area contributed by atoms with Gasteiger partial charge >= 0.3 is 0 Å². The fourth-order valence-corrected chi connectivity index (χ4v) is 6.83. The van der Waals surface area contributed by atoms with Crippen LogP contribution in [-0.4, -0.2) is 57.5 Å². The van der Waals surface area contributed by atoms with Gasteiger partial charge in [-0.15, -0.1) is 0 Å².